The number of sulfonamides is 1. The molecule has 3 aromatic rings. The predicted molar refractivity (Wildman–Crippen MR) is 128 cm³/mol. The molecule has 0 radical (unpaired) electrons. The molecule has 0 saturated carbocycles. The molecule has 0 fully saturated rings. The number of nitrogens with zero attached hydrogens (tertiary/aromatic N) is 1. The van der Waals surface area contributed by atoms with Crippen LogP contribution in [0.15, 0.2) is 70.3 Å². The zero-order valence-electron chi connectivity index (χ0n) is 18.3. The summed E-state index contributed by atoms with van der Waals surface area (Å²) in [6.07, 6.45) is 0.984. The summed E-state index contributed by atoms with van der Waals surface area (Å²) >= 11 is 1.65. The van der Waals surface area contributed by atoms with Crippen LogP contribution < -0.4 is 4.72 Å². The zero-order valence-corrected chi connectivity index (χ0v) is 20.0. The molecule has 2 aromatic carbocycles. The minimum atomic E-state index is -3.58. The first-order valence-corrected chi connectivity index (χ1v) is 13.1. The Kier molecular flexibility index (Phi) is 6.35. The minimum Gasteiger partial charge on any atom is -0.290 e. The van der Waals surface area contributed by atoms with Gasteiger partial charge in [-0.25, -0.2) is 13.1 Å². The molecule has 0 spiro atoms. The van der Waals surface area contributed by atoms with E-state index >= 15 is 0 Å². The quantitative estimate of drug-likeness (QED) is 0.562. The predicted octanol–water partition coefficient (Wildman–Crippen LogP) is 5.12. The zero-order chi connectivity index (χ0) is 22.1. The van der Waals surface area contributed by atoms with Crippen LogP contribution in [0.1, 0.15) is 49.1 Å². The van der Waals surface area contributed by atoms with Crippen molar-refractivity contribution >= 4 is 21.4 Å². The van der Waals surface area contributed by atoms with Crippen molar-refractivity contribution < 1.29 is 8.42 Å². The third-order valence-electron chi connectivity index (χ3n) is 6.03. The molecule has 1 aromatic heterocycles. The summed E-state index contributed by atoms with van der Waals surface area (Å²) < 4.78 is 28.9. The molecule has 1 aliphatic rings. The van der Waals surface area contributed by atoms with Crippen LogP contribution in [0.5, 0.6) is 0 Å². The van der Waals surface area contributed by atoms with E-state index in [9.17, 15) is 8.42 Å². The van der Waals surface area contributed by atoms with Gasteiger partial charge in [0.25, 0.3) is 0 Å². The van der Waals surface area contributed by atoms with Gasteiger partial charge in [0.05, 0.1) is 4.90 Å². The van der Waals surface area contributed by atoms with Gasteiger partial charge < -0.3 is 0 Å². The summed E-state index contributed by atoms with van der Waals surface area (Å²) in [5.41, 5.74) is 4.99. The molecule has 0 saturated heterocycles. The summed E-state index contributed by atoms with van der Waals surface area (Å²) in [6, 6.07) is 17.9. The lowest BCUT2D eigenvalue weighted by Crippen LogP contribution is -2.40. The monoisotopic (exact) mass is 454 g/mol. The fraction of sp³-hybridized carbons (Fsp3) is 0.360. The summed E-state index contributed by atoms with van der Waals surface area (Å²) in [4.78, 5) is 2.70. The van der Waals surface area contributed by atoms with Crippen molar-refractivity contribution in [3.8, 4) is 0 Å². The van der Waals surface area contributed by atoms with Crippen molar-refractivity contribution in [2.24, 2.45) is 0 Å². The maximum Gasteiger partial charge on any atom is 0.240 e. The van der Waals surface area contributed by atoms with Crippen LogP contribution in [0, 0.1) is 0 Å². The van der Waals surface area contributed by atoms with E-state index in [2.05, 4.69) is 71.5 Å². The van der Waals surface area contributed by atoms with Crippen LogP contribution in [0.4, 0.5) is 0 Å². The number of rotatable bonds is 6. The van der Waals surface area contributed by atoms with Crippen molar-refractivity contribution in [3.05, 3.63) is 87.6 Å². The van der Waals surface area contributed by atoms with Gasteiger partial charge in [0.15, 0.2) is 0 Å². The second-order valence-corrected chi connectivity index (χ2v) is 11.7. The number of thiophene rings is 1. The molecule has 1 atom stereocenters. The fourth-order valence-electron chi connectivity index (χ4n) is 4.11. The number of hydrogen-bond donors (Lipinski definition) is 1. The number of fused-ring (bicyclic) bond motifs is 1. The summed E-state index contributed by atoms with van der Waals surface area (Å²) in [5, 5.41) is 4.18. The Morgan fingerprint density at radius 1 is 1.03 bits per heavy atom. The second kappa shape index (κ2) is 8.87. The first-order valence-electron chi connectivity index (χ1n) is 10.7. The normalized spacial score (nSPS) is 16.1. The fourth-order valence-corrected chi connectivity index (χ4v) is 5.86. The smallest absolute Gasteiger partial charge is 0.240 e. The highest BCUT2D eigenvalue weighted by molar-refractivity contribution is 7.89. The molecule has 6 heteroatoms. The summed E-state index contributed by atoms with van der Waals surface area (Å²) in [7, 11) is -3.58. The Hall–Kier alpha value is -1.99. The Labute approximate surface area is 190 Å². The summed E-state index contributed by atoms with van der Waals surface area (Å²) in [6.45, 7) is 8.46. The van der Waals surface area contributed by atoms with E-state index in [0.29, 0.717) is 11.4 Å². The van der Waals surface area contributed by atoms with Crippen LogP contribution in [0.25, 0.3) is 0 Å². The van der Waals surface area contributed by atoms with E-state index in [4.69, 9.17) is 0 Å². The van der Waals surface area contributed by atoms with Crippen LogP contribution in [-0.2, 0) is 28.4 Å². The van der Waals surface area contributed by atoms with Gasteiger partial charge in [-0.05, 0) is 63.0 Å². The highest BCUT2D eigenvalue weighted by atomic mass is 32.2. The van der Waals surface area contributed by atoms with Crippen LogP contribution >= 0.6 is 11.3 Å². The van der Waals surface area contributed by atoms with E-state index < -0.39 is 10.0 Å². The molecule has 31 heavy (non-hydrogen) atoms. The molecule has 0 amide bonds. The molecule has 1 unspecified atom stereocenters. The lowest BCUT2D eigenvalue weighted by Gasteiger charge is -2.35. The van der Waals surface area contributed by atoms with Crippen LogP contribution in [-0.4, -0.2) is 26.4 Å². The van der Waals surface area contributed by atoms with Crippen molar-refractivity contribution in [2.75, 3.05) is 13.1 Å². The Bertz CT molecular complexity index is 1120. The third kappa shape index (κ3) is 5.09. The third-order valence-corrected chi connectivity index (χ3v) is 8.17. The number of hydrogen-bond acceptors (Lipinski definition) is 4. The highest BCUT2D eigenvalue weighted by Gasteiger charge is 2.27. The summed E-state index contributed by atoms with van der Waals surface area (Å²) in [5.74, 6) is 0. The van der Waals surface area contributed by atoms with E-state index in [-0.39, 0.29) is 11.5 Å². The first-order chi connectivity index (χ1) is 14.7. The number of nitrogens with one attached hydrogen (secondary N) is 1. The molecule has 4 rings (SSSR count). The molecule has 0 bridgehead atoms. The topological polar surface area (TPSA) is 49.4 Å². The SMILES string of the molecule is CC(C)(C)c1ccc(S(=O)(=O)NCC(c2ccsc2)N2CCc3ccccc3C2)cc1. The maximum atomic E-state index is 13.0. The van der Waals surface area contributed by atoms with Gasteiger partial charge in [0.1, 0.15) is 0 Å². The van der Waals surface area contributed by atoms with Crippen molar-refractivity contribution in [1.29, 1.82) is 0 Å². The Morgan fingerprint density at radius 3 is 2.39 bits per heavy atom. The van der Waals surface area contributed by atoms with E-state index in [1.54, 1.807) is 23.5 Å². The lowest BCUT2D eigenvalue weighted by atomic mass is 9.87. The van der Waals surface area contributed by atoms with E-state index in [1.807, 2.05) is 12.1 Å². The molecule has 164 valence electrons. The largest absolute Gasteiger partial charge is 0.290 e. The second-order valence-electron chi connectivity index (χ2n) is 9.19. The van der Waals surface area contributed by atoms with Crippen molar-refractivity contribution in [1.82, 2.24) is 9.62 Å². The Balaban J connectivity index is 1.52. The van der Waals surface area contributed by atoms with Gasteiger partial charge in [0, 0.05) is 25.7 Å². The van der Waals surface area contributed by atoms with Gasteiger partial charge in [-0.2, -0.15) is 11.3 Å². The average Bonchev–Trinajstić information content (AvgIpc) is 3.28. The molecular weight excluding hydrogens is 424 g/mol. The molecular formula is C25H30N2O2S2. The van der Waals surface area contributed by atoms with Crippen LogP contribution in [0.3, 0.4) is 0 Å². The average molecular weight is 455 g/mol. The maximum absolute atomic E-state index is 13.0. The standard InChI is InChI=1S/C25H30N2O2S2/c1-25(2,3)22-8-10-23(11-9-22)31(28,29)26-16-24(21-13-15-30-18-21)27-14-12-19-6-4-5-7-20(19)17-27/h4-11,13,15,18,24,26H,12,14,16-17H2,1-3H3. The number of benzene rings is 2. The molecule has 4 nitrogen and oxygen atoms in total. The van der Waals surface area contributed by atoms with Gasteiger partial charge in [-0.1, -0.05) is 57.2 Å². The Morgan fingerprint density at radius 2 is 1.74 bits per heavy atom. The lowest BCUT2D eigenvalue weighted by molar-refractivity contribution is 0.181. The van der Waals surface area contributed by atoms with Gasteiger partial charge in [-0.15, -0.1) is 0 Å². The molecule has 2 heterocycles. The minimum absolute atomic E-state index is 0.00299. The molecule has 1 N–H and O–H groups in total. The van der Waals surface area contributed by atoms with E-state index in [1.165, 1.54) is 11.1 Å². The van der Waals surface area contributed by atoms with Gasteiger partial charge >= 0.3 is 0 Å². The van der Waals surface area contributed by atoms with Crippen LogP contribution in [0.2, 0.25) is 0 Å². The van der Waals surface area contributed by atoms with Crippen molar-refractivity contribution in [2.45, 2.75) is 50.1 Å². The van der Waals surface area contributed by atoms with Gasteiger partial charge in [0.2, 0.25) is 10.0 Å². The molecule has 1 aliphatic heterocycles. The first kappa shape index (κ1) is 22.2. The van der Waals surface area contributed by atoms with Crippen molar-refractivity contribution in [3.63, 3.8) is 0 Å². The highest BCUT2D eigenvalue weighted by Crippen LogP contribution is 2.29. The molecule has 0 aliphatic carbocycles. The van der Waals surface area contributed by atoms with Gasteiger partial charge in [-0.3, -0.25) is 4.90 Å². The van der Waals surface area contributed by atoms with E-state index in [0.717, 1.165) is 30.6 Å².